The smallest absolute Gasteiger partial charge is 0.225 e. The fourth-order valence-corrected chi connectivity index (χ4v) is 1.48. The molecule has 0 fully saturated rings. The summed E-state index contributed by atoms with van der Waals surface area (Å²) in [6.45, 7) is 1.22. The highest BCUT2D eigenvalue weighted by Crippen LogP contribution is 2.09. The lowest BCUT2D eigenvalue weighted by Gasteiger charge is -2.16. The van der Waals surface area contributed by atoms with Gasteiger partial charge in [-0.2, -0.15) is 0 Å². The Kier molecular flexibility index (Phi) is 3.62. The number of pyridine rings is 1. The van der Waals surface area contributed by atoms with Crippen molar-refractivity contribution in [2.75, 3.05) is 11.9 Å². The summed E-state index contributed by atoms with van der Waals surface area (Å²) in [5.41, 5.74) is 7.61. The van der Waals surface area contributed by atoms with Crippen LogP contribution in [0.2, 0.25) is 0 Å². The van der Waals surface area contributed by atoms with Crippen LogP contribution in [0.4, 0.5) is 5.95 Å². The molecular formula is C12H15N5. The number of nitrogens with two attached hydrogens (primary N) is 1. The summed E-state index contributed by atoms with van der Waals surface area (Å²) in [6, 6.07) is 3.95. The Morgan fingerprint density at radius 2 is 1.76 bits per heavy atom. The third-order valence-corrected chi connectivity index (χ3v) is 2.44. The van der Waals surface area contributed by atoms with Gasteiger partial charge in [0.2, 0.25) is 5.95 Å². The molecule has 0 aliphatic carbocycles. The molecule has 0 saturated heterocycles. The summed E-state index contributed by atoms with van der Waals surface area (Å²) in [5.74, 6) is 0.694. The van der Waals surface area contributed by atoms with Crippen LogP contribution in [0.5, 0.6) is 0 Å². The van der Waals surface area contributed by atoms with Crippen LogP contribution in [0.25, 0.3) is 0 Å². The SMILES string of the molecule is CN(Cc1ccncc1)c1ncc(CN)cn1. The number of rotatable bonds is 4. The Labute approximate surface area is 100 Å². The molecule has 17 heavy (non-hydrogen) atoms. The summed E-state index contributed by atoms with van der Waals surface area (Å²) < 4.78 is 0. The zero-order valence-corrected chi connectivity index (χ0v) is 9.74. The molecule has 0 bridgehead atoms. The maximum Gasteiger partial charge on any atom is 0.225 e. The molecule has 5 nitrogen and oxygen atoms in total. The molecule has 0 radical (unpaired) electrons. The first-order chi connectivity index (χ1) is 8.29. The van der Waals surface area contributed by atoms with Crippen molar-refractivity contribution < 1.29 is 0 Å². The van der Waals surface area contributed by atoms with Crippen molar-refractivity contribution in [2.45, 2.75) is 13.1 Å². The Balaban J connectivity index is 2.06. The maximum atomic E-state index is 5.50. The zero-order valence-electron chi connectivity index (χ0n) is 9.74. The van der Waals surface area contributed by atoms with Gasteiger partial charge in [0, 0.05) is 50.5 Å². The Morgan fingerprint density at radius 1 is 1.12 bits per heavy atom. The number of nitrogens with zero attached hydrogens (tertiary/aromatic N) is 4. The van der Waals surface area contributed by atoms with Crippen LogP contribution in [0.1, 0.15) is 11.1 Å². The minimum Gasteiger partial charge on any atom is -0.340 e. The topological polar surface area (TPSA) is 67.9 Å². The predicted octanol–water partition coefficient (Wildman–Crippen LogP) is 0.967. The fraction of sp³-hybridized carbons (Fsp3) is 0.250. The summed E-state index contributed by atoms with van der Waals surface area (Å²) in [4.78, 5) is 14.5. The van der Waals surface area contributed by atoms with Crippen molar-refractivity contribution in [1.29, 1.82) is 0 Å². The lowest BCUT2D eigenvalue weighted by atomic mass is 10.2. The van der Waals surface area contributed by atoms with Gasteiger partial charge in [-0.3, -0.25) is 4.98 Å². The molecule has 88 valence electrons. The number of aromatic nitrogens is 3. The van der Waals surface area contributed by atoms with Crippen LogP contribution in [-0.2, 0) is 13.1 Å². The fourth-order valence-electron chi connectivity index (χ4n) is 1.48. The molecule has 2 aromatic rings. The Hall–Kier alpha value is -2.01. The normalized spacial score (nSPS) is 10.2. The van der Waals surface area contributed by atoms with Crippen molar-refractivity contribution in [3.8, 4) is 0 Å². The molecule has 0 unspecified atom stereocenters. The van der Waals surface area contributed by atoms with Crippen LogP contribution in [0.15, 0.2) is 36.9 Å². The average Bonchev–Trinajstić information content (AvgIpc) is 2.40. The summed E-state index contributed by atoms with van der Waals surface area (Å²) >= 11 is 0. The van der Waals surface area contributed by atoms with Gasteiger partial charge in [-0.05, 0) is 17.7 Å². The van der Waals surface area contributed by atoms with Crippen molar-refractivity contribution in [2.24, 2.45) is 5.73 Å². The molecule has 0 aliphatic heterocycles. The maximum absolute atomic E-state index is 5.50. The van der Waals surface area contributed by atoms with Crippen molar-refractivity contribution in [3.63, 3.8) is 0 Å². The van der Waals surface area contributed by atoms with Crippen molar-refractivity contribution in [1.82, 2.24) is 15.0 Å². The molecule has 2 heterocycles. The molecule has 5 heteroatoms. The van der Waals surface area contributed by atoms with Gasteiger partial charge in [0.1, 0.15) is 0 Å². The van der Waals surface area contributed by atoms with Crippen LogP contribution in [0, 0.1) is 0 Å². The van der Waals surface area contributed by atoms with E-state index in [1.807, 2.05) is 24.1 Å². The molecular weight excluding hydrogens is 214 g/mol. The third-order valence-electron chi connectivity index (χ3n) is 2.44. The molecule has 0 atom stereocenters. The summed E-state index contributed by atoms with van der Waals surface area (Å²) in [6.07, 6.45) is 7.07. The second-order valence-electron chi connectivity index (χ2n) is 3.81. The van der Waals surface area contributed by atoms with Gasteiger partial charge in [-0.15, -0.1) is 0 Å². The van der Waals surface area contributed by atoms with Crippen LogP contribution >= 0.6 is 0 Å². The van der Waals surface area contributed by atoms with Gasteiger partial charge in [0.25, 0.3) is 0 Å². The quantitative estimate of drug-likeness (QED) is 0.846. The molecule has 2 N–H and O–H groups in total. The second kappa shape index (κ2) is 5.36. The van der Waals surface area contributed by atoms with Gasteiger partial charge in [0.15, 0.2) is 0 Å². The first-order valence-corrected chi connectivity index (χ1v) is 5.40. The van der Waals surface area contributed by atoms with E-state index in [0.717, 1.165) is 12.1 Å². The van der Waals surface area contributed by atoms with Crippen molar-refractivity contribution in [3.05, 3.63) is 48.0 Å². The van der Waals surface area contributed by atoms with E-state index in [2.05, 4.69) is 15.0 Å². The van der Waals surface area contributed by atoms with E-state index in [0.29, 0.717) is 12.5 Å². The molecule has 0 aromatic carbocycles. The van der Waals surface area contributed by atoms with E-state index in [-0.39, 0.29) is 0 Å². The molecule has 0 spiro atoms. The lowest BCUT2D eigenvalue weighted by molar-refractivity contribution is 0.856. The van der Waals surface area contributed by atoms with E-state index < -0.39 is 0 Å². The minimum atomic E-state index is 0.467. The van der Waals surface area contributed by atoms with E-state index in [1.54, 1.807) is 24.8 Å². The van der Waals surface area contributed by atoms with E-state index in [9.17, 15) is 0 Å². The average molecular weight is 229 g/mol. The van der Waals surface area contributed by atoms with E-state index >= 15 is 0 Å². The molecule has 0 saturated carbocycles. The molecule has 0 amide bonds. The van der Waals surface area contributed by atoms with E-state index in [4.69, 9.17) is 5.73 Å². The van der Waals surface area contributed by atoms with Gasteiger partial charge >= 0.3 is 0 Å². The number of hydrogen-bond acceptors (Lipinski definition) is 5. The molecule has 2 rings (SSSR count). The van der Waals surface area contributed by atoms with Gasteiger partial charge in [-0.25, -0.2) is 9.97 Å². The van der Waals surface area contributed by atoms with Crippen molar-refractivity contribution >= 4 is 5.95 Å². The highest BCUT2D eigenvalue weighted by Gasteiger charge is 2.04. The first-order valence-electron chi connectivity index (χ1n) is 5.40. The van der Waals surface area contributed by atoms with Gasteiger partial charge < -0.3 is 10.6 Å². The highest BCUT2D eigenvalue weighted by atomic mass is 15.2. The lowest BCUT2D eigenvalue weighted by Crippen LogP contribution is -2.19. The summed E-state index contributed by atoms with van der Waals surface area (Å²) in [5, 5.41) is 0. The monoisotopic (exact) mass is 229 g/mol. The van der Waals surface area contributed by atoms with Gasteiger partial charge in [-0.1, -0.05) is 0 Å². The van der Waals surface area contributed by atoms with E-state index in [1.165, 1.54) is 5.56 Å². The predicted molar refractivity (Wildman–Crippen MR) is 66.3 cm³/mol. The number of anilines is 1. The molecule has 2 aromatic heterocycles. The van der Waals surface area contributed by atoms with Crippen LogP contribution in [0.3, 0.4) is 0 Å². The summed E-state index contributed by atoms with van der Waals surface area (Å²) in [7, 11) is 1.96. The van der Waals surface area contributed by atoms with Crippen LogP contribution < -0.4 is 10.6 Å². The van der Waals surface area contributed by atoms with Gasteiger partial charge in [0.05, 0.1) is 0 Å². The molecule has 0 aliphatic rings. The standard InChI is InChI=1S/C12H15N5/c1-17(9-10-2-4-14-5-3-10)12-15-7-11(6-13)8-16-12/h2-5,7-8H,6,9,13H2,1H3. The zero-order chi connectivity index (χ0) is 12.1. The number of hydrogen-bond donors (Lipinski definition) is 1. The second-order valence-corrected chi connectivity index (χ2v) is 3.81. The largest absolute Gasteiger partial charge is 0.340 e. The third kappa shape index (κ3) is 2.98. The highest BCUT2D eigenvalue weighted by molar-refractivity contribution is 5.30. The van der Waals surface area contributed by atoms with Crippen LogP contribution in [-0.4, -0.2) is 22.0 Å². The first kappa shape index (κ1) is 11.5. The Bertz CT molecular complexity index is 454. The Morgan fingerprint density at radius 3 is 2.35 bits per heavy atom. The minimum absolute atomic E-state index is 0.467.